The van der Waals surface area contributed by atoms with Crippen molar-refractivity contribution in [1.82, 2.24) is 0 Å². The minimum absolute atomic E-state index is 0.365. The van der Waals surface area contributed by atoms with Crippen molar-refractivity contribution in [2.75, 3.05) is 5.32 Å². The van der Waals surface area contributed by atoms with E-state index in [1.54, 1.807) is 6.07 Å². The number of carboxylic acids is 1. The predicted octanol–water partition coefficient (Wildman–Crippen LogP) is 4.33. The molecule has 0 fully saturated rings. The van der Waals surface area contributed by atoms with Crippen molar-refractivity contribution < 1.29 is 9.90 Å². The van der Waals surface area contributed by atoms with Crippen LogP contribution in [0.15, 0.2) is 24.3 Å². The summed E-state index contributed by atoms with van der Waals surface area (Å²) in [5.74, 6) is -0.882. The molecular formula is C14H14ClNO2S. The van der Waals surface area contributed by atoms with Crippen LogP contribution in [0.4, 0.5) is 5.69 Å². The van der Waals surface area contributed by atoms with E-state index in [1.165, 1.54) is 11.3 Å². The van der Waals surface area contributed by atoms with E-state index in [9.17, 15) is 4.79 Å². The molecule has 0 amide bonds. The molecule has 0 aliphatic heterocycles. The van der Waals surface area contributed by atoms with Crippen LogP contribution >= 0.6 is 22.9 Å². The molecule has 100 valence electrons. The Labute approximate surface area is 120 Å². The van der Waals surface area contributed by atoms with E-state index in [1.807, 2.05) is 32.0 Å². The summed E-state index contributed by atoms with van der Waals surface area (Å²) < 4.78 is 0. The summed E-state index contributed by atoms with van der Waals surface area (Å²) in [6.07, 6.45) is 0. The van der Waals surface area contributed by atoms with Gasteiger partial charge in [-0.3, -0.25) is 0 Å². The quantitative estimate of drug-likeness (QED) is 0.882. The van der Waals surface area contributed by atoms with E-state index in [0.717, 1.165) is 21.7 Å². The van der Waals surface area contributed by atoms with Gasteiger partial charge in [-0.25, -0.2) is 4.79 Å². The molecule has 0 saturated carbocycles. The number of aromatic carboxylic acids is 1. The normalized spacial score (nSPS) is 10.5. The summed E-state index contributed by atoms with van der Waals surface area (Å²) in [7, 11) is 0. The van der Waals surface area contributed by atoms with Crippen molar-refractivity contribution in [2.24, 2.45) is 0 Å². The maximum absolute atomic E-state index is 10.9. The molecular weight excluding hydrogens is 282 g/mol. The van der Waals surface area contributed by atoms with Gasteiger partial charge in [0.05, 0.1) is 10.7 Å². The zero-order valence-corrected chi connectivity index (χ0v) is 12.2. The minimum atomic E-state index is -0.882. The Hall–Kier alpha value is -1.52. The second-order valence-electron chi connectivity index (χ2n) is 4.33. The first kappa shape index (κ1) is 13.9. The number of anilines is 1. The lowest BCUT2D eigenvalue weighted by molar-refractivity contribution is 0.0702. The van der Waals surface area contributed by atoms with Gasteiger partial charge >= 0.3 is 5.97 Å². The minimum Gasteiger partial charge on any atom is -0.477 e. The fraction of sp³-hybridized carbons (Fsp3) is 0.214. The highest BCUT2D eigenvalue weighted by atomic mass is 35.5. The highest BCUT2D eigenvalue weighted by Gasteiger charge is 2.11. The second kappa shape index (κ2) is 5.63. The van der Waals surface area contributed by atoms with Crippen LogP contribution in [0, 0.1) is 13.8 Å². The van der Waals surface area contributed by atoms with E-state index in [2.05, 4.69) is 5.32 Å². The van der Waals surface area contributed by atoms with Crippen LogP contribution in [-0.4, -0.2) is 11.1 Å². The molecule has 0 spiro atoms. The van der Waals surface area contributed by atoms with Crippen molar-refractivity contribution in [3.63, 3.8) is 0 Å². The van der Waals surface area contributed by atoms with E-state index < -0.39 is 5.97 Å². The largest absolute Gasteiger partial charge is 0.477 e. The Morgan fingerprint density at radius 1 is 1.37 bits per heavy atom. The molecule has 0 unspecified atom stereocenters. The summed E-state index contributed by atoms with van der Waals surface area (Å²) >= 11 is 7.43. The van der Waals surface area contributed by atoms with Gasteiger partial charge < -0.3 is 10.4 Å². The first-order valence-corrected chi connectivity index (χ1v) is 6.99. The van der Waals surface area contributed by atoms with E-state index in [4.69, 9.17) is 16.7 Å². The summed E-state index contributed by atoms with van der Waals surface area (Å²) in [5.41, 5.74) is 2.95. The fourth-order valence-corrected chi connectivity index (χ4v) is 2.94. The molecule has 19 heavy (non-hydrogen) atoms. The Morgan fingerprint density at radius 3 is 2.68 bits per heavy atom. The van der Waals surface area contributed by atoms with Gasteiger partial charge in [-0.1, -0.05) is 17.7 Å². The molecule has 0 aliphatic carbocycles. The lowest BCUT2D eigenvalue weighted by Gasteiger charge is -2.08. The molecule has 2 N–H and O–H groups in total. The van der Waals surface area contributed by atoms with Crippen LogP contribution in [0.1, 0.15) is 25.7 Å². The van der Waals surface area contributed by atoms with Crippen LogP contribution in [-0.2, 0) is 6.54 Å². The van der Waals surface area contributed by atoms with Gasteiger partial charge in [-0.2, -0.15) is 0 Å². The van der Waals surface area contributed by atoms with E-state index in [0.29, 0.717) is 16.4 Å². The smallest absolute Gasteiger partial charge is 0.345 e. The number of hydrogen-bond donors (Lipinski definition) is 2. The Balaban J connectivity index is 2.12. The second-order valence-corrected chi connectivity index (χ2v) is 6.00. The zero-order chi connectivity index (χ0) is 14.0. The molecule has 0 radical (unpaired) electrons. The summed E-state index contributed by atoms with van der Waals surface area (Å²) in [6.45, 7) is 4.47. The van der Waals surface area contributed by atoms with Gasteiger partial charge in [0.1, 0.15) is 4.88 Å². The molecule has 1 heterocycles. The number of thiophene rings is 1. The Kier molecular flexibility index (Phi) is 4.12. The number of halogens is 1. The fourth-order valence-electron chi connectivity index (χ4n) is 1.75. The summed E-state index contributed by atoms with van der Waals surface area (Å²) in [4.78, 5) is 12.3. The topological polar surface area (TPSA) is 49.3 Å². The van der Waals surface area contributed by atoms with Gasteiger partial charge in [0, 0.05) is 11.4 Å². The van der Waals surface area contributed by atoms with Crippen molar-refractivity contribution in [3.8, 4) is 0 Å². The van der Waals surface area contributed by atoms with Gasteiger partial charge in [0.2, 0.25) is 0 Å². The van der Waals surface area contributed by atoms with Gasteiger partial charge in [0.25, 0.3) is 0 Å². The molecule has 1 aromatic carbocycles. The number of carbonyl (C=O) groups is 1. The predicted molar refractivity (Wildman–Crippen MR) is 79.5 cm³/mol. The number of rotatable bonds is 4. The van der Waals surface area contributed by atoms with E-state index in [-0.39, 0.29) is 0 Å². The van der Waals surface area contributed by atoms with Crippen LogP contribution in [0.5, 0.6) is 0 Å². The number of aryl methyl sites for hydroxylation is 2. The first-order valence-electron chi connectivity index (χ1n) is 5.80. The van der Waals surface area contributed by atoms with Crippen LogP contribution < -0.4 is 5.32 Å². The zero-order valence-electron chi connectivity index (χ0n) is 10.7. The van der Waals surface area contributed by atoms with Crippen LogP contribution in [0.3, 0.4) is 0 Å². The van der Waals surface area contributed by atoms with Crippen molar-refractivity contribution in [1.29, 1.82) is 0 Å². The van der Waals surface area contributed by atoms with Crippen LogP contribution in [0.25, 0.3) is 0 Å². The average molecular weight is 296 g/mol. The summed E-state index contributed by atoms with van der Waals surface area (Å²) in [6, 6.07) is 7.51. The molecule has 2 rings (SSSR count). The molecule has 0 aliphatic rings. The number of benzene rings is 1. The third-order valence-corrected chi connectivity index (χ3v) is 4.22. The molecule has 5 heteroatoms. The third kappa shape index (κ3) is 3.28. The lowest BCUT2D eigenvalue weighted by atomic mass is 10.2. The van der Waals surface area contributed by atoms with Gasteiger partial charge in [0.15, 0.2) is 0 Å². The molecule has 0 bridgehead atoms. The first-order chi connectivity index (χ1) is 8.97. The maximum atomic E-state index is 10.9. The monoisotopic (exact) mass is 295 g/mol. The maximum Gasteiger partial charge on any atom is 0.345 e. The summed E-state index contributed by atoms with van der Waals surface area (Å²) in [5, 5.41) is 12.9. The molecule has 2 aromatic rings. The number of carboxylic acid groups (broad SMARTS) is 1. The van der Waals surface area contributed by atoms with Crippen molar-refractivity contribution in [2.45, 2.75) is 20.4 Å². The number of hydrogen-bond acceptors (Lipinski definition) is 3. The third-order valence-electron chi connectivity index (χ3n) is 2.83. The molecule has 1 aromatic heterocycles. The average Bonchev–Trinajstić information content (AvgIpc) is 2.70. The standard InChI is InChI=1S/C14H14ClNO2S/c1-8-3-4-12(11(15)5-8)16-7-10-6-13(14(17)18)19-9(10)2/h3-6,16H,7H2,1-2H3,(H,17,18). The van der Waals surface area contributed by atoms with Crippen LogP contribution in [0.2, 0.25) is 5.02 Å². The van der Waals surface area contributed by atoms with Crippen molar-refractivity contribution in [3.05, 3.63) is 50.2 Å². The van der Waals surface area contributed by atoms with E-state index >= 15 is 0 Å². The van der Waals surface area contributed by atoms with Gasteiger partial charge in [-0.15, -0.1) is 11.3 Å². The SMILES string of the molecule is Cc1ccc(NCc2cc(C(=O)O)sc2C)c(Cl)c1. The van der Waals surface area contributed by atoms with Gasteiger partial charge in [-0.05, 0) is 43.2 Å². The highest BCUT2D eigenvalue weighted by Crippen LogP contribution is 2.26. The van der Waals surface area contributed by atoms with Crippen molar-refractivity contribution >= 4 is 34.6 Å². The molecule has 3 nitrogen and oxygen atoms in total. The molecule has 0 atom stereocenters. The Morgan fingerprint density at radius 2 is 2.11 bits per heavy atom. The highest BCUT2D eigenvalue weighted by molar-refractivity contribution is 7.14. The number of nitrogens with one attached hydrogen (secondary N) is 1. The lowest BCUT2D eigenvalue weighted by Crippen LogP contribution is -2.00. The molecule has 0 saturated heterocycles. The Bertz CT molecular complexity index is 622.